The maximum atomic E-state index is 12.4. The summed E-state index contributed by atoms with van der Waals surface area (Å²) in [5.74, 6) is -0.383. The van der Waals surface area contributed by atoms with Gasteiger partial charge in [0.25, 0.3) is 0 Å². The van der Waals surface area contributed by atoms with Crippen LogP contribution in [0.3, 0.4) is 0 Å². The van der Waals surface area contributed by atoms with Gasteiger partial charge < -0.3 is 9.80 Å². The first-order valence-corrected chi connectivity index (χ1v) is 7.77. The molecule has 0 spiro atoms. The first-order valence-electron chi connectivity index (χ1n) is 7.02. The second-order valence-corrected chi connectivity index (χ2v) is 5.86. The van der Waals surface area contributed by atoms with Crippen LogP contribution in [0, 0.1) is 5.92 Å². The standard InChI is InChI=1S/C15H18Cl2N2O2/c1-3-18(4-2)15(21)10-7-14(20)19(9-10)13-8-11(16)5-6-12(13)17/h5-6,8,10H,3-4,7,9H2,1-2H3. The number of hydrogen-bond acceptors (Lipinski definition) is 2. The van der Waals surface area contributed by atoms with Crippen molar-refractivity contribution >= 4 is 40.7 Å². The van der Waals surface area contributed by atoms with Gasteiger partial charge >= 0.3 is 0 Å². The molecule has 1 fully saturated rings. The molecule has 1 aliphatic rings. The Morgan fingerprint density at radius 2 is 2.00 bits per heavy atom. The van der Waals surface area contributed by atoms with Gasteiger partial charge in [-0.1, -0.05) is 23.2 Å². The fraction of sp³-hybridized carbons (Fsp3) is 0.467. The number of anilines is 1. The Bertz CT molecular complexity index is 559. The quantitative estimate of drug-likeness (QED) is 0.851. The normalized spacial score (nSPS) is 18.2. The summed E-state index contributed by atoms with van der Waals surface area (Å²) < 4.78 is 0. The van der Waals surface area contributed by atoms with Gasteiger partial charge in [0, 0.05) is 31.1 Å². The molecule has 0 bridgehead atoms. The topological polar surface area (TPSA) is 40.6 Å². The van der Waals surface area contributed by atoms with Crippen LogP contribution >= 0.6 is 23.2 Å². The molecule has 0 aliphatic carbocycles. The lowest BCUT2D eigenvalue weighted by molar-refractivity contribution is -0.135. The van der Waals surface area contributed by atoms with Crippen molar-refractivity contribution in [3.8, 4) is 0 Å². The predicted molar refractivity (Wildman–Crippen MR) is 84.9 cm³/mol. The molecule has 0 radical (unpaired) electrons. The molecule has 114 valence electrons. The van der Waals surface area contributed by atoms with E-state index in [0.717, 1.165) is 0 Å². The molecule has 1 aromatic rings. The molecule has 2 rings (SSSR count). The Labute approximate surface area is 134 Å². The fourth-order valence-electron chi connectivity index (χ4n) is 2.59. The summed E-state index contributed by atoms with van der Waals surface area (Å²) in [5, 5.41) is 0.976. The van der Waals surface area contributed by atoms with Gasteiger partial charge in [-0.3, -0.25) is 9.59 Å². The highest BCUT2D eigenvalue weighted by Gasteiger charge is 2.37. The highest BCUT2D eigenvalue weighted by Crippen LogP contribution is 2.33. The molecule has 1 heterocycles. The maximum absolute atomic E-state index is 12.4. The first kappa shape index (κ1) is 16.1. The van der Waals surface area contributed by atoms with Crippen LogP contribution < -0.4 is 4.90 Å². The molecule has 1 aliphatic heterocycles. The van der Waals surface area contributed by atoms with Gasteiger partial charge in [-0.15, -0.1) is 0 Å². The zero-order valence-corrected chi connectivity index (χ0v) is 13.6. The number of carbonyl (C=O) groups is 2. The lowest BCUT2D eigenvalue weighted by Gasteiger charge is -2.23. The molecular weight excluding hydrogens is 311 g/mol. The second-order valence-electron chi connectivity index (χ2n) is 5.01. The number of benzene rings is 1. The van der Waals surface area contributed by atoms with Crippen molar-refractivity contribution in [1.82, 2.24) is 4.90 Å². The Morgan fingerprint density at radius 1 is 1.33 bits per heavy atom. The molecule has 1 saturated heterocycles. The number of halogens is 2. The summed E-state index contributed by atoms with van der Waals surface area (Å²) in [6, 6.07) is 4.99. The van der Waals surface area contributed by atoms with E-state index in [0.29, 0.717) is 35.4 Å². The summed E-state index contributed by atoms with van der Waals surface area (Å²) >= 11 is 12.1. The molecule has 0 saturated carbocycles. The third-order valence-electron chi connectivity index (χ3n) is 3.75. The van der Waals surface area contributed by atoms with E-state index in [1.807, 2.05) is 13.8 Å². The predicted octanol–water partition coefficient (Wildman–Crippen LogP) is 3.21. The summed E-state index contributed by atoms with van der Waals surface area (Å²) in [6.07, 6.45) is 0.220. The first-order chi connectivity index (χ1) is 9.97. The number of nitrogens with zero attached hydrogens (tertiary/aromatic N) is 2. The zero-order valence-electron chi connectivity index (χ0n) is 12.1. The molecular formula is C15H18Cl2N2O2. The van der Waals surface area contributed by atoms with Crippen LogP contribution in [0.5, 0.6) is 0 Å². The number of carbonyl (C=O) groups excluding carboxylic acids is 2. The van der Waals surface area contributed by atoms with Gasteiger partial charge in [0.15, 0.2) is 0 Å². The van der Waals surface area contributed by atoms with Gasteiger partial charge in [0.05, 0.1) is 16.6 Å². The Kier molecular flexibility index (Phi) is 5.12. The van der Waals surface area contributed by atoms with Crippen molar-refractivity contribution in [2.75, 3.05) is 24.5 Å². The van der Waals surface area contributed by atoms with E-state index in [4.69, 9.17) is 23.2 Å². The van der Waals surface area contributed by atoms with E-state index in [1.165, 1.54) is 0 Å². The number of hydrogen-bond donors (Lipinski definition) is 0. The summed E-state index contributed by atoms with van der Waals surface area (Å²) in [7, 11) is 0. The van der Waals surface area contributed by atoms with Gasteiger partial charge in [0.1, 0.15) is 0 Å². The molecule has 1 aromatic carbocycles. The monoisotopic (exact) mass is 328 g/mol. The maximum Gasteiger partial charge on any atom is 0.227 e. The van der Waals surface area contributed by atoms with Crippen LogP contribution in [0.2, 0.25) is 10.0 Å². The molecule has 0 aromatic heterocycles. The summed E-state index contributed by atoms with van der Waals surface area (Å²) in [4.78, 5) is 27.9. The third-order valence-corrected chi connectivity index (χ3v) is 4.30. The molecule has 21 heavy (non-hydrogen) atoms. The zero-order chi connectivity index (χ0) is 15.6. The number of amides is 2. The minimum absolute atomic E-state index is 0.0222. The van der Waals surface area contributed by atoms with Crippen LogP contribution in [-0.4, -0.2) is 36.3 Å². The smallest absolute Gasteiger partial charge is 0.227 e. The van der Waals surface area contributed by atoms with Crippen LogP contribution in [0.15, 0.2) is 18.2 Å². The van der Waals surface area contributed by atoms with E-state index in [1.54, 1.807) is 28.0 Å². The summed E-state index contributed by atoms with van der Waals surface area (Å²) in [5.41, 5.74) is 0.573. The van der Waals surface area contributed by atoms with E-state index in [9.17, 15) is 9.59 Å². The van der Waals surface area contributed by atoms with Crippen LogP contribution in [-0.2, 0) is 9.59 Å². The van der Waals surface area contributed by atoms with Crippen LogP contribution in [0.25, 0.3) is 0 Å². The van der Waals surface area contributed by atoms with Crippen LogP contribution in [0.4, 0.5) is 5.69 Å². The highest BCUT2D eigenvalue weighted by molar-refractivity contribution is 6.35. The van der Waals surface area contributed by atoms with E-state index in [2.05, 4.69) is 0 Å². The van der Waals surface area contributed by atoms with Crippen molar-refractivity contribution in [3.05, 3.63) is 28.2 Å². The van der Waals surface area contributed by atoms with Gasteiger partial charge in [-0.05, 0) is 32.0 Å². The minimum atomic E-state index is -0.313. The van der Waals surface area contributed by atoms with Crippen molar-refractivity contribution in [1.29, 1.82) is 0 Å². The average Bonchev–Trinajstić information content (AvgIpc) is 2.84. The van der Waals surface area contributed by atoms with Gasteiger partial charge in [-0.25, -0.2) is 0 Å². The minimum Gasteiger partial charge on any atom is -0.343 e. The van der Waals surface area contributed by atoms with Crippen LogP contribution in [0.1, 0.15) is 20.3 Å². The lowest BCUT2D eigenvalue weighted by Crippen LogP contribution is -2.37. The SMILES string of the molecule is CCN(CC)C(=O)C1CC(=O)N(c2cc(Cl)ccc2Cl)C1. The van der Waals surface area contributed by atoms with Crippen molar-refractivity contribution < 1.29 is 9.59 Å². The molecule has 1 unspecified atom stereocenters. The highest BCUT2D eigenvalue weighted by atomic mass is 35.5. The molecule has 1 atom stereocenters. The van der Waals surface area contributed by atoms with Gasteiger partial charge in [-0.2, -0.15) is 0 Å². The van der Waals surface area contributed by atoms with Gasteiger partial charge in [0.2, 0.25) is 11.8 Å². The Balaban J connectivity index is 2.20. The second kappa shape index (κ2) is 6.67. The molecule has 6 heteroatoms. The van der Waals surface area contributed by atoms with Crippen molar-refractivity contribution in [3.63, 3.8) is 0 Å². The lowest BCUT2D eigenvalue weighted by atomic mass is 10.1. The fourth-order valence-corrected chi connectivity index (χ4v) is 2.98. The van der Waals surface area contributed by atoms with E-state index < -0.39 is 0 Å². The Hall–Kier alpha value is -1.26. The van der Waals surface area contributed by atoms with Crippen molar-refractivity contribution in [2.24, 2.45) is 5.92 Å². The molecule has 0 N–H and O–H groups in total. The van der Waals surface area contributed by atoms with Crippen molar-refractivity contribution in [2.45, 2.75) is 20.3 Å². The third kappa shape index (κ3) is 3.33. The van der Waals surface area contributed by atoms with E-state index in [-0.39, 0.29) is 24.2 Å². The number of rotatable bonds is 4. The Morgan fingerprint density at radius 3 is 2.62 bits per heavy atom. The largest absolute Gasteiger partial charge is 0.343 e. The summed E-state index contributed by atoms with van der Waals surface area (Å²) in [6.45, 7) is 5.53. The average molecular weight is 329 g/mol. The molecule has 2 amide bonds. The van der Waals surface area contributed by atoms with E-state index >= 15 is 0 Å². The molecule has 4 nitrogen and oxygen atoms in total.